The van der Waals surface area contributed by atoms with Crippen LogP contribution in [0.2, 0.25) is 0 Å². The van der Waals surface area contributed by atoms with Crippen LogP contribution in [0.25, 0.3) is 0 Å². The van der Waals surface area contributed by atoms with Gasteiger partial charge in [0.2, 0.25) is 17.7 Å². The Hall–Kier alpha value is -5.24. The molecule has 18 heteroatoms. The van der Waals surface area contributed by atoms with Gasteiger partial charge in [-0.25, -0.2) is 5.43 Å². The second kappa shape index (κ2) is 29.3. The van der Waals surface area contributed by atoms with E-state index in [1.54, 1.807) is 51.1 Å². The smallest absolute Gasteiger partial charge is 0.325 e. The maximum Gasteiger partial charge on any atom is 0.325 e. The van der Waals surface area contributed by atoms with Gasteiger partial charge in [0.15, 0.2) is 0 Å². The average molecular weight is 1090 g/mol. The number of aromatic hydroxyl groups is 1. The Kier molecular flexibility index (Phi) is 23.9. The third kappa shape index (κ3) is 16.7. The summed E-state index contributed by atoms with van der Waals surface area (Å²) in [6.07, 6.45) is 10.6. The number of hydrogen-bond donors (Lipinski definition) is 9. The third-order valence-electron chi connectivity index (χ3n) is 16.9. The molecular formula is C60H91N5O13. The van der Waals surface area contributed by atoms with Crippen molar-refractivity contribution in [3.8, 4) is 5.75 Å². The Labute approximate surface area is 461 Å². The number of allylic oxidation sites excluding steroid dienone is 5. The van der Waals surface area contributed by atoms with E-state index >= 15 is 0 Å². The van der Waals surface area contributed by atoms with Gasteiger partial charge < -0.3 is 55.8 Å². The Bertz CT molecular complexity index is 2340. The molecule has 4 heterocycles. The molecule has 78 heavy (non-hydrogen) atoms. The van der Waals surface area contributed by atoms with Crippen molar-refractivity contribution >= 4 is 35.4 Å². The van der Waals surface area contributed by atoms with Crippen LogP contribution in [0.4, 0.5) is 0 Å². The van der Waals surface area contributed by atoms with Crippen LogP contribution in [0.5, 0.6) is 5.75 Å². The zero-order valence-corrected chi connectivity index (χ0v) is 47.6. The fraction of sp³-hybridized carbons (Fsp3) is 0.667. The number of piperidine rings is 1. The number of hydrogen-bond acceptors (Lipinski definition) is 14. The number of ether oxygens (including phenoxy) is 2. The van der Waals surface area contributed by atoms with Crippen molar-refractivity contribution in [2.24, 2.45) is 47.3 Å². The Morgan fingerprint density at radius 3 is 2.36 bits per heavy atom. The molecule has 1 unspecified atom stereocenters. The molecule has 0 aromatic heterocycles. The van der Waals surface area contributed by atoms with E-state index in [9.17, 15) is 54.3 Å². The minimum atomic E-state index is -1.43. The van der Waals surface area contributed by atoms with Crippen LogP contribution >= 0.6 is 0 Å². The molecule has 1 aromatic carbocycles. The van der Waals surface area contributed by atoms with Gasteiger partial charge in [0.25, 0.3) is 5.91 Å². The first kappa shape index (κ1) is 63.6. The summed E-state index contributed by atoms with van der Waals surface area (Å²) in [4.78, 5) is 82.2. The van der Waals surface area contributed by atoms with Gasteiger partial charge in [0.1, 0.15) is 41.5 Å². The largest absolute Gasteiger partial charge is 0.508 e. The molecule has 4 aliphatic rings. The van der Waals surface area contributed by atoms with Crippen LogP contribution in [-0.2, 0) is 44.7 Å². The van der Waals surface area contributed by atoms with Crippen molar-refractivity contribution in [1.82, 2.24) is 26.4 Å². The van der Waals surface area contributed by atoms with E-state index in [1.807, 2.05) is 52.8 Å². The lowest BCUT2D eigenvalue weighted by atomic mass is 9.69. The molecule has 5 rings (SSSR count). The van der Waals surface area contributed by atoms with Crippen molar-refractivity contribution in [2.75, 3.05) is 6.54 Å². The summed E-state index contributed by atoms with van der Waals surface area (Å²) in [5.74, 6) is -6.33. The molecule has 4 aliphatic heterocycles. The van der Waals surface area contributed by atoms with Gasteiger partial charge in [-0.2, -0.15) is 0 Å². The predicted octanol–water partition coefficient (Wildman–Crippen LogP) is 5.41. The first-order chi connectivity index (χ1) is 36.9. The summed E-state index contributed by atoms with van der Waals surface area (Å²) in [5.41, 5.74) is 3.27. The summed E-state index contributed by atoms with van der Waals surface area (Å²) in [5, 5.41) is 66.1. The van der Waals surface area contributed by atoms with Crippen LogP contribution in [0.1, 0.15) is 139 Å². The second-order valence-electron chi connectivity index (χ2n) is 23.2. The van der Waals surface area contributed by atoms with Gasteiger partial charge in [-0.05, 0) is 93.9 Å². The molecule has 0 saturated carbocycles. The lowest BCUT2D eigenvalue weighted by Crippen LogP contribution is -2.71. The van der Waals surface area contributed by atoms with E-state index in [0.29, 0.717) is 49.7 Å². The van der Waals surface area contributed by atoms with E-state index < -0.39 is 102 Å². The number of hydrazine groups is 1. The van der Waals surface area contributed by atoms with Gasteiger partial charge >= 0.3 is 5.97 Å². The number of Topliss-reactive ketones (excluding diaryl/α,β-unsaturated/α-hetero) is 1. The highest BCUT2D eigenvalue weighted by atomic mass is 16.5. The number of aliphatic hydroxyl groups excluding tert-OH is 4. The molecule has 1 aromatic rings. The molecule has 0 aliphatic carbocycles. The predicted molar refractivity (Wildman–Crippen MR) is 295 cm³/mol. The average Bonchev–Trinajstić information content (AvgIpc) is 3.51. The number of fused-ring (bicyclic) bond motifs is 2. The Morgan fingerprint density at radius 2 is 1.68 bits per heavy atom. The molecule has 2 bridgehead atoms. The number of amides is 4. The summed E-state index contributed by atoms with van der Waals surface area (Å²) in [6.45, 7) is 18.3. The van der Waals surface area contributed by atoms with Crippen LogP contribution in [0.15, 0.2) is 72.4 Å². The fourth-order valence-electron chi connectivity index (χ4n) is 11.3. The van der Waals surface area contributed by atoms with E-state index in [4.69, 9.17) is 9.47 Å². The fourth-order valence-corrected chi connectivity index (χ4v) is 11.3. The minimum absolute atomic E-state index is 0.0254. The molecule has 9 N–H and O–H groups in total. The van der Waals surface area contributed by atoms with Crippen LogP contribution < -0.4 is 21.4 Å². The third-order valence-corrected chi connectivity index (χ3v) is 16.9. The number of esters is 1. The number of phenols is 1. The maximum absolute atomic E-state index is 14.5. The van der Waals surface area contributed by atoms with Crippen LogP contribution in [0, 0.1) is 47.3 Å². The van der Waals surface area contributed by atoms with Crippen molar-refractivity contribution in [3.05, 3.63) is 77.9 Å². The molecule has 4 amide bonds. The monoisotopic (exact) mass is 1090 g/mol. The number of nitrogens with zero attached hydrogens (tertiary/aromatic N) is 1. The molecule has 434 valence electrons. The van der Waals surface area contributed by atoms with Gasteiger partial charge in [-0.15, -0.1) is 0 Å². The molecule has 17 atom stereocenters. The molecule has 0 radical (unpaired) electrons. The number of carbonyl (C=O) groups is 6. The zero-order valence-electron chi connectivity index (χ0n) is 47.6. The van der Waals surface area contributed by atoms with Crippen LogP contribution in [0.3, 0.4) is 0 Å². The highest BCUT2D eigenvalue weighted by Crippen LogP contribution is 2.46. The van der Waals surface area contributed by atoms with E-state index in [-0.39, 0.29) is 79.3 Å². The standard InChI is InChI=1S/C60H91N5O13/c1-11-43-30-37(6)60(63-55(43)72)41(10)53(70)40(9)51(78-60)33-49(69)35(4)20-14-12-15-21-36(5)50-26-17-13-16-25-48(68)39(8)54(71)45(28-27-38(7)66)56(73)62-52(34(2)3)57(74)61-47(32-42-22-18-23-44(67)31-42)58(75)65-29-19-24-46(64-65)59(76)77-50/h12-13,15-18,21-23,25,31,34-35,37,39-41,43,45-54,64,67-71H,11,14,19-20,24,26-30,32-33H2,1-10H3,(H,61,74)(H,62,73)(H,63,72)/b15-12+,17-13-,25-16-,36-21+/t35-,37-,39-,40-,41-,43-,45+,46?,47-,48-,49-,50-,51-,52-,53-,54+,60+/m0/s1. The molecular weight excluding hydrogens is 999 g/mol. The number of phenolic OH excluding ortho intramolecular Hbond substituents is 1. The van der Waals surface area contributed by atoms with Gasteiger partial charge in [-0.1, -0.05) is 110 Å². The van der Waals surface area contributed by atoms with Crippen molar-refractivity contribution in [1.29, 1.82) is 0 Å². The number of rotatable bonds is 15. The van der Waals surface area contributed by atoms with Crippen molar-refractivity contribution < 1.29 is 63.8 Å². The topological polar surface area (TPSA) is 273 Å². The summed E-state index contributed by atoms with van der Waals surface area (Å²) >= 11 is 0. The van der Waals surface area contributed by atoms with Gasteiger partial charge in [0, 0.05) is 61.8 Å². The second-order valence-corrected chi connectivity index (χ2v) is 23.2. The van der Waals surface area contributed by atoms with E-state index in [0.717, 1.165) is 6.42 Å². The van der Waals surface area contributed by atoms with Gasteiger partial charge in [-0.3, -0.25) is 29.0 Å². The number of carbonyl (C=O) groups excluding carboxylic acids is 6. The number of benzene rings is 1. The first-order valence-corrected chi connectivity index (χ1v) is 28.4. The number of aliphatic hydroxyl groups is 4. The Morgan fingerprint density at radius 1 is 0.949 bits per heavy atom. The lowest BCUT2D eigenvalue weighted by molar-refractivity contribution is -0.267. The summed E-state index contributed by atoms with van der Waals surface area (Å²) < 4.78 is 12.9. The highest BCUT2D eigenvalue weighted by molar-refractivity contribution is 5.93. The first-order valence-electron chi connectivity index (χ1n) is 28.4. The summed E-state index contributed by atoms with van der Waals surface area (Å²) in [6, 6.07) is 2.90. The number of ketones is 1. The zero-order chi connectivity index (χ0) is 57.6. The Balaban J connectivity index is 1.35. The van der Waals surface area contributed by atoms with E-state index in [1.165, 1.54) is 30.1 Å². The van der Waals surface area contributed by atoms with E-state index in [2.05, 4.69) is 28.3 Å². The van der Waals surface area contributed by atoms with Gasteiger partial charge in [0.05, 0.1) is 36.4 Å². The SMILES string of the molecule is CC[C@H]1C[C@H](C)[C@@]2(NC1=O)O[C@@H](C[C@H](O)[C@@H](C)CC/C=C/C=C(\C)[C@@H]1C/C=C\C=C/[C@H](O)[C@H](C)[C@@H](O)[C@@H](CCC(C)=O)C(=O)N[C@@H](C(C)C)C(=O)N[C@@H](Cc3cccc(O)c3)C(=O)N3CCCC(N3)C(=O)O1)[C@H](C)[C@H](O)[C@@H]2C. The van der Waals surface area contributed by atoms with Crippen LogP contribution in [-0.4, -0.2) is 133 Å². The van der Waals surface area contributed by atoms with Crippen molar-refractivity contribution in [3.63, 3.8) is 0 Å². The lowest BCUT2D eigenvalue weighted by Gasteiger charge is -2.56. The quantitative estimate of drug-likeness (QED) is 0.0786. The normalized spacial score (nSPS) is 34.9. The number of cyclic esters (lactones) is 1. The molecule has 3 fully saturated rings. The molecule has 18 nitrogen and oxygen atoms in total. The minimum Gasteiger partial charge on any atom is -0.508 e. The summed E-state index contributed by atoms with van der Waals surface area (Å²) in [7, 11) is 0. The maximum atomic E-state index is 14.5. The molecule has 3 saturated heterocycles. The highest BCUT2D eigenvalue weighted by Gasteiger charge is 2.57. The molecule has 1 spiro atoms. The number of nitrogens with one attached hydrogen (secondary N) is 4. The van der Waals surface area contributed by atoms with Crippen molar-refractivity contribution in [2.45, 2.75) is 200 Å².